The standard InChI is InChI=1S/C20H12BrNO2S/c21-16-10-9-14(24-16)20-17-18(11-5-1-2-6-12(11)19(17)23)22-13-7-3-4-8-15(13)25-20/h1-10,20,22H. The van der Waals surface area contributed by atoms with Crippen LogP contribution < -0.4 is 5.32 Å². The minimum Gasteiger partial charge on any atom is -0.453 e. The minimum atomic E-state index is -0.197. The van der Waals surface area contributed by atoms with Crippen LogP contribution >= 0.6 is 27.7 Å². The zero-order valence-corrected chi connectivity index (χ0v) is 15.4. The molecule has 3 nitrogen and oxygen atoms in total. The van der Waals surface area contributed by atoms with Crippen molar-refractivity contribution in [3.8, 4) is 0 Å². The molecule has 1 aliphatic carbocycles. The van der Waals surface area contributed by atoms with E-state index in [0.717, 1.165) is 38.7 Å². The molecule has 1 unspecified atom stereocenters. The Balaban J connectivity index is 1.76. The van der Waals surface area contributed by atoms with Gasteiger partial charge in [-0.05, 0) is 40.2 Å². The van der Waals surface area contributed by atoms with Crippen molar-refractivity contribution in [2.24, 2.45) is 0 Å². The molecule has 0 saturated carbocycles. The zero-order chi connectivity index (χ0) is 17.0. The van der Waals surface area contributed by atoms with Gasteiger partial charge in [-0.3, -0.25) is 4.79 Å². The SMILES string of the molecule is O=C1C2=C(Nc3ccccc3SC2c2ccc(Br)o2)c2ccccc21. The number of nitrogens with one attached hydrogen (secondary N) is 1. The van der Waals surface area contributed by atoms with Crippen molar-refractivity contribution in [3.05, 3.63) is 87.8 Å². The molecule has 5 heteroatoms. The molecule has 2 aromatic carbocycles. The lowest BCUT2D eigenvalue weighted by Crippen LogP contribution is -2.06. The monoisotopic (exact) mass is 409 g/mol. The average Bonchev–Trinajstić information content (AvgIpc) is 3.11. The molecule has 0 saturated heterocycles. The van der Waals surface area contributed by atoms with Crippen molar-refractivity contribution in [2.45, 2.75) is 10.1 Å². The second-order valence-corrected chi connectivity index (χ2v) is 7.85. The van der Waals surface area contributed by atoms with Crippen LogP contribution in [0.25, 0.3) is 5.70 Å². The van der Waals surface area contributed by atoms with Crippen molar-refractivity contribution < 1.29 is 9.21 Å². The molecule has 122 valence electrons. The van der Waals surface area contributed by atoms with Gasteiger partial charge >= 0.3 is 0 Å². The second-order valence-electron chi connectivity index (χ2n) is 5.92. The number of carbonyl (C=O) groups is 1. The minimum absolute atomic E-state index is 0.0657. The quantitative estimate of drug-likeness (QED) is 0.542. The van der Waals surface area contributed by atoms with Crippen LogP contribution in [0.5, 0.6) is 0 Å². The van der Waals surface area contributed by atoms with Crippen molar-refractivity contribution in [2.75, 3.05) is 5.32 Å². The Morgan fingerprint density at radius 2 is 1.72 bits per heavy atom. The first-order valence-corrected chi connectivity index (χ1v) is 9.56. The van der Waals surface area contributed by atoms with Gasteiger partial charge in [-0.25, -0.2) is 0 Å². The average molecular weight is 410 g/mol. The maximum atomic E-state index is 13.2. The van der Waals surface area contributed by atoms with E-state index in [9.17, 15) is 4.79 Å². The number of ketones is 1. The third-order valence-electron chi connectivity index (χ3n) is 4.46. The summed E-state index contributed by atoms with van der Waals surface area (Å²) < 4.78 is 6.50. The van der Waals surface area contributed by atoms with E-state index in [0.29, 0.717) is 4.67 Å². The van der Waals surface area contributed by atoms with Gasteiger partial charge in [0.2, 0.25) is 0 Å². The molecule has 0 radical (unpaired) electrons. The van der Waals surface area contributed by atoms with Crippen molar-refractivity contribution >= 4 is 44.9 Å². The first-order chi connectivity index (χ1) is 12.2. The van der Waals surface area contributed by atoms with E-state index < -0.39 is 0 Å². The molecule has 1 aromatic heterocycles. The van der Waals surface area contributed by atoms with Gasteiger partial charge < -0.3 is 9.73 Å². The van der Waals surface area contributed by atoms with Gasteiger partial charge in [-0.15, -0.1) is 11.8 Å². The highest BCUT2D eigenvalue weighted by Crippen LogP contribution is 2.52. The van der Waals surface area contributed by atoms with E-state index in [2.05, 4.69) is 27.3 Å². The summed E-state index contributed by atoms with van der Waals surface area (Å²) in [5.41, 5.74) is 4.35. The number of para-hydroxylation sites is 1. The predicted octanol–water partition coefficient (Wildman–Crippen LogP) is 5.91. The summed E-state index contributed by atoms with van der Waals surface area (Å²) in [7, 11) is 0. The molecule has 0 bridgehead atoms. The maximum Gasteiger partial charge on any atom is 0.193 e. The predicted molar refractivity (Wildman–Crippen MR) is 103 cm³/mol. The Morgan fingerprint density at radius 3 is 2.52 bits per heavy atom. The van der Waals surface area contributed by atoms with Gasteiger partial charge in [0.25, 0.3) is 0 Å². The topological polar surface area (TPSA) is 42.2 Å². The first-order valence-electron chi connectivity index (χ1n) is 7.88. The summed E-state index contributed by atoms with van der Waals surface area (Å²) in [6, 6.07) is 19.7. The summed E-state index contributed by atoms with van der Waals surface area (Å²) in [6.45, 7) is 0. The Morgan fingerprint density at radius 1 is 0.960 bits per heavy atom. The number of rotatable bonds is 1. The molecule has 0 fully saturated rings. The first kappa shape index (κ1) is 15.0. The molecule has 3 aromatic rings. The maximum absolute atomic E-state index is 13.2. The third-order valence-corrected chi connectivity index (χ3v) is 6.20. The van der Waals surface area contributed by atoms with E-state index in [4.69, 9.17) is 4.42 Å². The van der Waals surface area contributed by atoms with E-state index in [1.807, 2.05) is 54.6 Å². The molecule has 2 aliphatic rings. The van der Waals surface area contributed by atoms with Gasteiger partial charge in [0.15, 0.2) is 10.5 Å². The highest BCUT2D eigenvalue weighted by molar-refractivity contribution is 9.10. The Hall–Kier alpha value is -2.24. The molecule has 5 rings (SSSR count). The van der Waals surface area contributed by atoms with Gasteiger partial charge in [-0.2, -0.15) is 0 Å². The largest absolute Gasteiger partial charge is 0.453 e. The molecule has 1 aliphatic heterocycles. The van der Waals surface area contributed by atoms with Crippen LogP contribution in [0.1, 0.15) is 26.9 Å². The van der Waals surface area contributed by atoms with E-state index in [-0.39, 0.29) is 11.0 Å². The van der Waals surface area contributed by atoms with Crippen LogP contribution in [0.4, 0.5) is 5.69 Å². The van der Waals surface area contributed by atoms with E-state index in [1.54, 1.807) is 11.8 Å². The van der Waals surface area contributed by atoms with Crippen LogP contribution in [0.15, 0.2) is 80.2 Å². The molecule has 0 spiro atoms. The van der Waals surface area contributed by atoms with Crippen molar-refractivity contribution in [1.82, 2.24) is 0 Å². The fraction of sp³-hybridized carbons (Fsp3) is 0.0500. The van der Waals surface area contributed by atoms with E-state index in [1.165, 1.54) is 0 Å². The number of fused-ring (bicyclic) bond motifs is 3. The summed E-state index contributed by atoms with van der Waals surface area (Å²) in [4.78, 5) is 14.3. The lowest BCUT2D eigenvalue weighted by molar-refractivity contribution is 0.103. The molecular weight excluding hydrogens is 398 g/mol. The molecule has 2 heterocycles. The van der Waals surface area contributed by atoms with Gasteiger partial charge in [-0.1, -0.05) is 36.4 Å². The van der Waals surface area contributed by atoms with Gasteiger partial charge in [0.1, 0.15) is 5.76 Å². The number of hydrogen-bond acceptors (Lipinski definition) is 4. The number of benzene rings is 2. The van der Waals surface area contributed by atoms with Crippen LogP contribution in [-0.4, -0.2) is 5.78 Å². The Kier molecular flexibility index (Phi) is 3.40. The van der Waals surface area contributed by atoms with Gasteiger partial charge in [0, 0.05) is 21.6 Å². The Labute approximate surface area is 157 Å². The number of hydrogen-bond donors (Lipinski definition) is 1. The number of carbonyl (C=O) groups excluding carboxylic acids is 1. The molecule has 1 N–H and O–H groups in total. The number of anilines is 1. The highest BCUT2D eigenvalue weighted by atomic mass is 79.9. The van der Waals surface area contributed by atoms with E-state index >= 15 is 0 Å². The van der Waals surface area contributed by atoms with Crippen LogP contribution in [0, 0.1) is 0 Å². The number of halogens is 1. The lowest BCUT2D eigenvalue weighted by Gasteiger charge is -2.14. The summed E-state index contributed by atoms with van der Waals surface area (Å²) >= 11 is 5.01. The van der Waals surface area contributed by atoms with Crippen LogP contribution in [-0.2, 0) is 0 Å². The van der Waals surface area contributed by atoms with Crippen LogP contribution in [0.2, 0.25) is 0 Å². The number of thioether (sulfide) groups is 1. The number of furan rings is 1. The van der Waals surface area contributed by atoms with Gasteiger partial charge in [0.05, 0.1) is 16.6 Å². The zero-order valence-electron chi connectivity index (χ0n) is 13.0. The molecule has 1 atom stereocenters. The fourth-order valence-corrected chi connectivity index (χ4v) is 4.91. The summed E-state index contributed by atoms with van der Waals surface area (Å²) in [5, 5.41) is 3.30. The lowest BCUT2D eigenvalue weighted by atomic mass is 10.1. The van der Waals surface area contributed by atoms with Crippen LogP contribution in [0.3, 0.4) is 0 Å². The summed E-state index contributed by atoms with van der Waals surface area (Å²) in [5.74, 6) is 0.833. The highest BCUT2D eigenvalue weighted by Gasteiger charge is 2.39. The molecule has 0 amide bonds. The third kappa shape index (κ3) is 2.30. The summed E-state index contributed by atoms with van der Waals surface area (Å²) in [6.07, 6.45) is 0. The smallest absolute Gasteiger partial charge is 0.193 e. The Bertz CT molecular complexity index is 1050. The van der Waals surface area contributed by atoms with Crippen molar-refractivity contribution in [1.29, 1.82) is 0 Å². The van der Waals surface area contributed by atoms with Crippen molar-refractivity contribution in [3.63, 3.8) is 0 Å². The molecular formula is C20H12BrNO2S. The number of Topliss-reactive ketones (excluding diaryl/α,β-unsaturated/α-hetero) is 1. The molecule has 25 heavy (non-hydrogen) atoms. The fourth-order valence-electron chi connectivity index (χ4n) is 3.35. The normalized spacial score (nSPS) is 18.3. The second kappa shape index (κ2) is 5.64.